The predicted molar refractivity (Wildman–Crippen MR) is 110 cm³/mol. The molecule has 1 saturated heterocycles. The lowest BCUT2D eigenvalue weighted by Gasteiger charge is -2.33. The van der Waals surface area contributed by atoms with Crippen molar-refractivity contribution >= 4 is 11.9 Å². The van der Waals surface area contributed by atoms with Crippen molar-refractivity contribution in [1.82, 2.24) is 4.90 Å². The van der Waals surface area contributed by atoms with E-state index < -0.39 is 5.97 Å². The summed E-state index contributed by atoms with van der Waals surface area (Å²) in [6.07, 6.45) is 1.81. The largest absolute Gasteiger partial charge is 0.490 e. The summed E-state index contributed by atoms with van der Waals surface area (Å²) in [6.45, 7) is 4.67. The summed E-state index contributed by atoms with van der Waals surface area (Å²) < 4.78 is 11.1. The summed E-state index contributed by atoms with van der Waals surface area (Å²) in [5.41, 5.74) is 1.78. The summed E-state index contributed by atoms with van der Waals surface area (Å²) >= 11 is 0. The zero-order chi connectivity index (χ0) is 20.6. The maximum absolute atomic E-state index is 13.2. The van der Waals surface area contributed by atoms with Crippen molar-refractivity contribution in [2.24, 2.45) is 0 Å². The van der Waals surface area contributed by atoms with Crippen molar-refractivity contribution in [2.75, 3.05) is 32.9 Å². The molecular formula is C23H27NO5. The van der Waals surface area contributed by atoms with Gasteiger partial charge in [0.15, 0.2) is 0 Å². The molecule has 0 radical (unpaired) electrons. The Morgan fingerprint density at radius 2 is 1.97 bits per heavy atom. The van der Waals surface area contributed by atoms with E-state index in [0.717, 1.165) is 18.4 Å². The molecule has 1 heterocycles. The van der Waals surface area contributed by atoms with Gasteiger partial charge in [0.25, 0.3) is 5.91 Å². The molecule has 1 fully saturated rings. The Balaban J connectivity index is 1.72. The molecule has 1 aliphatic rings. The Bertz CT molecular complexity index is 851. The van der Waals surface area contributed by atoms with Crippen LogP contribution in [0.2, 0.25) is 0 Å². The van der Waals surface area contributed by atoms with E-state index in [2.05, 4.69) is 0 Å². The van der Waals surface area contributed by atoms with Crippen molar-refractivity contribution in [2.45, 2.75) is 25.7 Å². The van der Waals surface area contributed by atoms with E-state index in [4.69, 9.17) is 9.47 Å². The van der Waals surface area contributed by atoms with Crippen molar-refractivity contribution in [3.05, 3.63) is 65.2 Å². The highest BCUT2D eigenvalue weighted by atomic mass is 16.5. The number of ether oxygens (including phenoxy) is 2. The lowest BCUT2D eigenvalue weighted by atomic mass is 9.89. The number of piperidine rings is 1. The van der Waals surface area contributed by atoms with E-state index in [1.165, 1.54) is 0 Å². The first-order chi connectivity index (χ1) is 14.1. The van der Waals surface area contributed by atoms with Gasteiger partial charge in [0.1, 0.15) is 12.4 Å². The second kappa shape index (κ2) is 10.1. The molecule has 6 heteroatoms. The van der Waals surface area contributed by atoms with Crippen LogP contribution in [0.1, 0.15) is 52.0 Å². The number of carbonyl (C=O) groups excluding carboxylic acids is 1. The van der Waals surface area contributed by atoms with Crippen molar-refractivity contribution in [3.63, 3.8) is 0 Å². The van der Waals surface area contributed by atoms with Crippen molar-refractivity contribution in [3.8, 4) is 5.75 Å². The maximum atomic E-state index is 13.2. The van der Waals surface area contributed by atoms with Crippen molar-refractivity contribution in [1.29, 1.82) is 0 Å². The van der Waals surface area contributed by atoms with Gasteiger partial charge in [0, 0.05) is 25.6 Å². The zero-order valence-corrected chi connectivity index (χ0v) is 16.7. The third-order valence-corrected chi connectivity index (χ3v) is 5.12. The van der Waals surface area contributed by atoms with Gasteiger partial charge in [0.05, 0.1) is 17.7 Å². The number of para-hydroxylation sites is 1. The van der Waals surface area contributed by atoms with Gasteiger partial charge in [-0.1, -0.05) is 24.3 Å². The molecular weight excluding hydrogens is 370 g/mol. The molecule has 3 rings (SSSR count). The first kappa shape index (κ1) is 20.9. The third-order valence-electron chi connectivity index (χ3n) is 5.12. The second-order valence-electron chi connectivity index (χ2n) is 7.06. The molecule has 1 N–H and O–H groups in total. The summed E-state index contributed by atoms with van der Waals surface area (Å²) in [5, 5.41) is 9.24. The highest BCUT2D eigenvalue weighted by Gasteiger charge is 2.27. The van der Waals surface area contributed by atoms with Gasteiger partial charge in [-0.3, -0.25) is 4.79 Å². The van der Waals surface area contributed by atoms with Gasteiger partial charge in [-0.25, -0.2) is 4.79 Å². The Kier molecular flexibility index (Phi) is 7.25. The fourth-order valence-electron chi connectivity index (χ4n) is 3.65. The van der Waals surface area contributed by atoms with Crippen LogP contribution in [0, 0.1) is 0 Å². The highest BCUT2D eigenvalue weighted by molar-refractivity contribution is 5.97. The molecule has 1 unspecified atom stereocenters. The van der Waals surface area contributed by atoms with E-state index in [1.807, 2.05) is 30.0 Å². The average molecular weight is 397 g/mol. The molecule has 1 aliphatic heterocycles. The normalized spacial score (nSPS) is 16.4. The minimum absolute atomic E-state index is 0.0592. The fraction of sp³-hybridized carbons (Fsp3) is 0.391. The summed E-state index contributed by atoms with van der Waals surface area (Å²) in [4.78, 5) is 26.3. The highest BCUT2D eigenvalue weighted by Crippen LogP contribution is 2.29. The second-order valence-corrected chi connectivity index (χ2v) is 7.06. The predicted octanol–water partition coefficient (Wildman–Crippen LogP) is 3.82. The Hall–Kier alpha value is -2.86. The van der Waals surface area contributed by atoms with Crippen LogP contribution in [0.4, 0.5) is 0 Å². The van der Waals surface area contributed by atoms with E-state index in [-0.39, 0.29) is 17.4 Å². The Morgan fingerprint density at radius 1 is 1.14 bits per heavy atom. The van der Waals surface area contributed by atoms with Crippen LogP contribution in [0.15, 0.2) is 48.5 Å². The molecule has 0 saturated carbocycles. The smallest absolute Gasteiger partial charge is 0.335 e. The number of rotatable bonds is 8. The molecule has 0 aromatic heterocycles. The lowest BCUT2D eigenvalue weighted by Crippen LogP contribution is -2.39. The third kappa shape index (κ3) is 5.35. The number of hydrogen-bond donors (Lipinski definition) is 1. The van der Waals surface area contributed by atoms with Crippen LogP contribution in [0.3, 0.4) is 0 Å². The number of likely N-dealkylation sites (tertiary alicyclic amines) is 1. The monoisotopic (exact) mass is 397 g/mol. The van der Waals surface area contributed by atoms with E-state index in [9.17, 15) is 14.7 Å². The first-order valence-corrected chi connectivity index (χ1v) is 10.0. The van der Waals surface area contributed by atoms with E-state index in [1.54, 1.807) is 30.3 Å². The molecule has 6 nitrogen and oxygen atoms in total. The number of carboxylic acids is 1. The van der Waals surface area contributed by atoms with Gasteiger partial charge in [-0.05, 0) is 49.6 Å². The van der Waals surface area contributed by atoms with Crippen LogP contribution in [0.5, 0.6) is 5.75 Å². The number of carbonyl (C=O) groups is 2. The summed E-state index contributed by atoms with van der Waals surface area (Å²) in [5.74, 6) is -0.310. The van der Waals surface area contributed by atoms with Gasteiger partial charge in [-0.2, -0.15) is 0 Å². The maximum Gasteiger partial charge on any atom is 0.335 e. The number of nitrogens with zero attached hydrogens (tertiary/aromatic N) is 1. The Labute approximate surface area is 171 Å². The van der Waals surface area contributed by atoms with Crippen LogP contribution < -0.4 is 4.74 Å². The Morgan fingerprint density at radius 3 is 2.76 bits per heavy atom. The number of carboxylic acid groups (broad SMARTS) is 1. The number of benzene rings is 2. The first-order valence-electron chi connectivity index (χ1n) is 10.0. The molecule has 2 aromatic carbocycles. The molecule has 29 heavy (non-hydrogen) atoms. The van der Waals surface area contributed by atoms with Crippen LogP contribution in [-0.2, 0) is 4.74 Å². The topological polar surface area (TPSA) is 76.1 Å². The molecule has 2 aromatic rings. The quantitative estimate of drug-likeness (QED) is 0.686. The van der Waals surface area contributed by atoms with Gasteiger partial charge >= 0.3 is 5.97 Å². The molecule has 1 atom stereocenters. The molecule has 1 amide bonds. The van der Waals surface area contributed by atoms with Crippen LogP contribution in [0.25, 0.3) is 0 Å². The lowest BCUT2D eigenvalue weighted by molar-refractivity contribution is 0.0684. The molecule has 0 aliphatic carbocycles. The zero-order valence-electron chi connectivity index (χ0n) is 16.7. The summed E-state index contributed by atoms with van der Waals surface area (Å²) in [7, 11) is 0. The summed E-state index contributed by atoms with van der Waals surface area (Å²) in [6, 6.07) is 14.3. The number of amides is 1. The minimum atomic E-state index is -0.936. The SMILES string of the molecule is CCOCCOc1ccccc1C(=O)N1CCCC(c2cccc(C(=O)O)c2)C1. The average Bonchev–Trinajstić information content (AvgIpc) is 2.76. The molecule has 0 spiro atoms. The van der Waals surface area contributed by atoms with E-state index in [0.29, 0.717) is 44.2 Å². The standard InChI is InChI=1S/C23H27NO5/c1-2-28-13-14-29-21-11-4-3-10-20(21)22(25)24-12-6-9-19(16-24)17-7-5-8-18(15-17)23(26)27/h3-5,7-8,10-11,15,19H,2,6,9,12-14,16H2,1H3,(H,26,27). The molecule has 0 bridgehead atoms. The van der Waals surface area contributed by atoms with Crippen LogP contribution in [-0.4, -0.2) is 54.8 Å². The molecule has 154 valence electrons. The van der Waals surface area contributed by atoms with Gasteiger partial charge in [0.2, 0.25) is 0 Å². The van der Waals surface area contributed by atoms with Gasteiger partial charge in [-0.15, -0.1) is 0 Å². The number of aromatic carboxylic acids is 1. The van der Waals surface area contributed by atoms with E-state index >= 15 is 0 Å². The fourth-order valence-corrected chi connectivity index (χ4v) is 3.65. The van der Waals surface area contributed by atoms with Crippen LogP contribution >= 0.6 is 0 Å². The van der Waals surface area contributed by atoms with Crippen molar-refractivity contribution < 1.29 is 24.2 Å². The number of hydrogen-bond acceptors (Lipinski definition) is 4. The minimum Gasteiger partial charge on any atom is -0.490 e. The van der Waals surface area contributed by atoms with Gasteiger partial charge < -0.3 is 19.5 Å².